The lowest BCUT2D eigenvalue weighted by molar-refractivity contribution is -0.114. The van der Waals surface area contributed by atoms with Crippen LogP contribution in [0, 0.1) is 0 Å². The molecule has 1 N–H and O–H groups in total. The number of hydrogen-bond donors (Lipinski definition) is 1. The van der Waals surface area contributed by atoms with Gasteiger partial charge in [-0.3, -0.25) is 14.5 Å². The van der Waals surface area contributed by atoms with Crippen LogP contribution >= 0.6 is 0 Å². The number of nitrogens with zero attached hydrogens (tertiary/aromatic N) is 2. The molecule has 4 rings (SSSR count). The van der Waals surface area contributed by atoms with E-state index in [9.17, 15) is 9.59 Å². The number of amides is 2. The van der Waals surface area contributed by atoms with Crippen molar-refractivity contribution in [1.29, 1.82) is 0 Å². The zero-order valence-electron chi connectivity index (χ0n) is 16.4. The standard InChI is InChI=1S/C23H27N3O2/c1-17(27)24-20-8-6-18(7-9-20)16-25-13-11-21(12-14-25)26-15-10-19-4-2-3-5-22(19)23(26)28/h2-9,21H,10-16H2,1H3,(H,24,27). The maximum atomic E-state index is 12.9. The quantitative estimate of drug-likeness (QED) is 0.889. The Morgan fingerprint density at radius 1 is 1.04 bits per heavy atom. The molecule has 0 unspecified atom stereocenters. The molecule has 0 spiro atoms. The first-order valence-corrected chi connectivity index (χ1v) is 10.1. The Morgan fingerprint density at radius 3 is 2.46 bits per heavy atom. The number of carbonyl (C=O) groups excluding carboxylic acids is 2. The number of hydrogen-bond acceptors (Lipinski definition) is 3. The fourth-order valence-corrected chi connectivity index (χ4v) is 4.34. The summed E-state index contributed by atoms with van der Waals surface area (Å²) in [6, 6.07) is 16.4. The van der Waals surface area contributed by atoms with Crippen LogP contribution in [0.25, 0.3) is 0 Å². The lowest BCUT2D eigenvalue weighted by Gasteiger charge is -2.40. The molecule has 1 saturated heterocycles. The zero-order valence-corrected chi connectivity index (χ0v) is 16.4. The first-order valence-electron chi connectivity index (χ1n) is 10.1. The molecule has 2 amide bonds. The van der Waals surface area contributed by atoms with Gasteiger partial charge in [0.1, 0.15) is 0 Å². The Labute approximate surface area is 166 Å². The molecule has 5 nitrogen and oxygen atoms in total. The Kier molecular flexibility index (Phi) is 5.44. The Bertz CT molecular complexity index is 854. The normalized spacial score (nSPS) is 18.0. The molecule has 5 heteroatoms. The van der Waals surface area contributed by atoms with Gasteiger partial charge in [0, 0.05) is 50.4 Å². The van der Waals surface area contributed by atoms with E-state index in [4.69, 9.17) is 0 Å². The maximum Gasteiger partial charge on any atom is 0.254 e. The SMILES string of the molecule is CC(=O)Nc1ccc(CN2CCC(N3CCc4ccccc4C3=O)CC2)cc1. The smallest absolute Gasteiger partial charge is 0.254 e. The van der Waals surface area contributed by atoms with Gasteiger partial charge >= 0.3 is 0 Å². The molecular weight excluding hydrogens is 350 g/mol. The summed E-state index contributed by atoms with van der Waals surface area (Å²) in [6.45, 7) is 5.27. The number of likely N-dealkylation sites (tertiary alicyclic amines) is 1. The van der Waals surface area contributed by atoms with Crippen molar-refractivity contribution in [2.24, 2.45) is 0 Å². The van der Waals surface area contributed by atoms with Crippen LogP contribution in [0.2, 0.25) is 0 Å². The summed E-state index contributed by atoms with van der Waals surface area (Å²) in [7, 11) is 0. The summed E-state index contributed by atoms with van der Waals surface area (Å²) in [4.78, 5) is 28.5. The highest BCUT2D eigenvalue weighted by Crippen LogP contribution is 2.25. The van der Waals surface area contributed by atoms with Crippen molar-refractivity contribution in [3.05, 3.63) is 65.2 Å². The van der Waals surface area contributed by atoms with E-state index in [0.717, 1.165) is 56.7 Å². The molecule has 0 aliphatic carbocycles. The molecule has 0 aromatic heterocycles. The fourth-order valence-electron chi connectivity index (χ4n) is 4.34. The van der Waals surface area contributed by atoms with E-state index in [1.54, 1.807) is 0 Å². The van der Waals surface area contributed by atoms with Gasteiger partial charge in [-0.25, -0.2) is 0 Å². The third-order valence-corrected chi connectivity index (χ3v) is 5.81. The lowest BCUT2D eigenvalue weighted by atomic mass is 9.94. The summed E-state index contributed by atoms with van der Waals surface area (Å²) in [5.41, 5.74) is 4.15. The summed E-state index contributed by atoms with van der Waals surface area (Å²) in [5.74, 6) is 0.151. The van der Waals surface area contributed by atoms with Gasteiger partial charge in [-0.15, -0.1) is 0 Å². The van der Waals surface area contributed by atoms with E-state index in [1.165, 1.54) is 18.1 Å². The van der Waals surface area contributed by atoms with E-state index < -0.39 is 0 Å². The van der Waals surface area contributed by atoms with Crippen molar-refractivity contribution in [2.75, 3.05) is 25.0 Å². The van der Waals surface area contributed by atoms with Gasteiger partial charge in [0.2, 0.25) is 5.91 Å². The zero-order chi connectivity index (χ0) is 19.5. The number of carbonyl (C=O) groups is 2. The minimum absolute atomic E-state index is 0.0512. The molecule has 0 bridgehead atoms. The van der Waals surface area contributed by atoms with E-state index in [2.05, 4.69) is 33.3 Å². The highest BCUT2D eigenvalue weighted by Gasteiger charge is 2.31. The van der Waals surface area contributed by atoms with Crippen LogP contribution in [0.1, 0.15) is 41.3 Å². The minimum atomic E-state index is -0.0512. The van der Waals surface area contributed by atoms with Crippen LogP contribution in [0.4, 0.5) is 5.69 Å². The maximum absolute atomic E-state index is 12.9. The topological polar surface area (TPSA) is 52.7 Å². The second kappa shape index (κ2) is 8.15. The van der Waals surface area contributed by atoms with Crippen molar-refractivity contribution in [3.63, 3.8) is 0 Å². The first-order chi connectivity index (χ1) is 13.6. The van der Waals surface area contributed by atoms with Gasteiger partial charge < -0.3 is 10.2 Å². The van der Waals surface area contributed by atoms with Gasteiger partial charge in [0.15, 0.2) is 0 Å². The van der Waals surface area contributed by atoms with Crippen molar-refractivity contribution in [1.82, 2.24) is 9.80 Å². The summed E-state index contributed by atoms with van der Waals surface area (Å²) >= 11 is 0. The Morgan fingerprint density at radius 2 is 1.75 bits per heavy atom. The molecule has 0 atom stereocenters. The summed E-state index contributed by atoms with van der Waals surface area (Å²) in [6.07, 6.45) is 3.01. The van der Waals surface area contributed by atoms with Gasteiger partial charge in [-0.2, -0.15) is 0 Å². The molecule has 0 saturated carbocycles. The highest BCUT2D eigenvalue weighted by atomic mass is 16.2. The molecule has 2 aromatic rings. The molecule has 2 aliphatic rings. The number of benzene rings is 2. The van der Waals surface area contributed by atoms with E-state index in [-0.39, 0.29) is 11.8 Å². The average Bonchev–Trinajstić information content (AvgIpc) is 2.70. The minimum Gasteiger partial charge on any atom is -0.335 e. The predicted octanol–water partition coefficient (Wildman–Crippen LogP) is 3.31. The highest BCUT2D eigenvalue weighted by molar-refractivity contribution is 5.97. The van der Waals surface area contributed by atoms with Crippen molar-refractivity contribution < 1.29 is 9.59 Å². The predicted molar refractivity (Wildman–Crippen MR) is 110 cm³/mol. The molecule has 146 valence electrons. The first kappa shape index (κ1) is 18.7. The van der Waals surface area contributed by atoms with Crippen LogP contribution in [-0.2, 0) is 17.8 Å². The number of nitrogens with one attached hydrogen (secondary N) is 1. The van der Waals surface area contributed by atoms with Gasteiger partial charge in [0.25, 0.3) is 5.91 Å². The summed E-state index contributed by atoms with van der Waals surface area (Å²) in [5, 5.41) is 2.80. The monoisotopic (exact) mass is 377 g/mol. The van der Waals surface area contributed by atoms with Gasteiger partial charge in [0.05, 0.1) is 0 Å². The number of piperidine rings is 1. The summed E-state index contributed by atoms with van der Waals surface area (Å²) < 4.78 is 0. The second-order valence-corrected chi connectivity index (χ2v) is 7.79. The van der Waals surface area contributed by atoms with Crippen molar-refractivity contribution >= 4 is 17.5 Å². The van der Waals surface area contributed by atoms with Crippen molar-refractivity contribution in [2.45, 2.75) is 38.8 Å². The van der Waals surface area contributed by atoms with Crippen LogP contribution in [0.5, 0.6) is 0 Å². The molecule has 0 radical (unpaired) electrons. The molecule has 1 fully saturated rings. The van der Waals surface area contributed by atoms with Crippen LogP contribution in [0.3, 0.4) is 0 Å². The largest absolute Gasteiger partial charge is 0.335 e. The van der Waals surface area contributed by atoms with Gasteiger partial charge in [-0.05, 0) is 48.6 Å². The number of rotatable bonds is 4. The molecular formula is C23H27N3O2. The van der Waals surface area contributed by atoms with Gasteiger partial charge in [-0.1, -0.05) is 30.3 Å². The van der Waals surface area contributed by atoms with Crippen molar-refractivity contribution in [3.8, 4) is 0 Å². The third kappa shape index (κ3) is 4.09. The third-order valence-electron chi connectivity index (χ3n) is 5.81. The number of fused-ring (bicyclic) bond motifs is 1. The Balaban J connectivity index is 1.31. The van der Waals surface area contributed by atoms with E-state index in [0.29, 0.717) is 6.04 Å². The van der Waals surface area contributed by atoms with E-state index in [1.807, 2.05) is 30.3 Å². The Hall–Kier alpha value is -2.66. The van der Waals surface area contributed by atoms with Crippen LogP contribution in [0.15, 0.2) is 48.5 Å². The molecule has 2 aromatic carbocycles. The molecule has 2 aliphatic heterocycles. The average molecular weight is 377 g/mol. The number of anilines is 1. The van der Waals surface area contributed by atoms with E-state index >= 15 is 0 Å². The van der Waals surface area contributed by atoms with Crippen LogP contribution in [-0.4, -0.2) is 47.3 Å². The molecule has 2 heterocycles. The lowest BCUT2D eigenvalue weighted by Crippen LogP contribution is -2.49. The fraction of sp³-hybridized carbons (Fsp3) is 0.391. The second-order valence-electron chi connectivity index (χ2n) is 7.79. The molecule has 28 heavy (non-hydrogen) atoms. The van der Waals surface area contributed by atoms with Crippen LogP contribution < -0.4 is 5.32 Å².